The predicted octanol–water partition coefficient (Wildman–Crippen LogP) is 3.38. The summed E-state index contributed by atoms with van der Waals surface area (Å²) in [6.45, 7) is 0. The van der Waals surface area contributed by atoms with E-state index in [0.29, 0.717) is 5.52 Å². The minimum absolute atomic E-state index is 0.239. The largest absolute Gasteiger partial charge is 0.418 e. The molecule has 3 aromatic rings. The van der Waals surface area contributed by atoms with Crippen molar-refractivity contribution >= 4 is 22.9 Å². The molecule has 1 amide bonds. The summed E-state index contributed by atoms with van der Waals surface area (Å²) < 4.78 is 17.7. The molecule has 1 N–H and O–H groups in total. The number of hydrogen-bond acceptors (Lipinski definition) is 4. The third kappa shape index (κ3) is 3.11. The number of rotatable bonds is 2. The normalized spacial score (nSPS) is 10.3. The molecule has 0 aliphatic rings. The van der Waals surface area contributed by atoms with Crippen molar-refractivity contribution in [3.63, 3.8) is 0 Å². The molecule has 0 radical (unpaired) electrons. The molecule has 6 heteroatoms. The number of halogens is 1. The van der Waals surface area contributed by atoms with E-state index in [1.807, 2.05) is 18.2 Å². The lowest BCUT2D eigenvalue weighted by Crippen LogP contribution is -2.17. The molecule has 104 valence electrons. The fourth-order valence-corrected chi connectivity index (χ4v) is 1.76. The average Bonchev–Trinajstić information content (AvgIpc) is 2.49. The summed E-state index contributed by atoms with van der Waals surface area (Å²) in [6.07, 6.45) is 0.722. The Balaban J connectivity index is 1.72. The number of nitrogens with one attached hydrogen (secondary N) is 1. The minimum atomic E-state index is -0.716. The summed E-state index contributed by atoms with van der Waals surface area (Å²) in [4.78, 5) is 20.1. The third-order valence-electron chi connectivity index (χ3n) is 2.70. The zero-order chi connectivity index (χ0) is 14.7. The molecule has 0 aliphatic carbocycles. The molecular formula is C15H10FN3O2. The lowest BCUT2D eigenvalue weighted by Gasteiger charge is -2.06. The van der Waals surface area contributed by atoms with E-state index in [4.69, 9.17) is 4.74 Å². The summed E-state index contributed by atoms with van der Waals surface area (Å²) in [6, 6.07) is 12.4. The van der Waals surface area contributed by atoms with Gasteiger partial charge in [-0.3, -0.25) is 10.3 Å². The number of hydrogen-bond donors (Lipinski definition) is 1. The van der Waals surface area contributed by atoms with Gasteiger partial charge in [-0.1, -0.05) is 12.1 Å². The molecule has 0 fully saturated rings. The van der Waals surface area contributed by atoms with Crippen LogP contribution in [0.1, 0.15) is 0 Å². The zero-order valence-electron chi connectivity index (χ0n) is 10.8. The number of nitrogens with zero attached hydrogens (tertiary/aromatic N) is 2. The SMILES string of the molecule is O=C(Nc1cnc2ccccc2n1)Oc1ccc(F)cc1. The fourth-order valence-electron chi connectivity index (χ4n) is 1.76. The molecule has 0 atom stereocenters. The molecule has 0 unspecified atom stereocenters. The van der Waals surface area contributed by atoms with E-state index >= 15 is 0 Å². The number of amides is 1. The lowest BCUT2D eigenvalue weighted by molar-refractivity contribution is 0.215. The summed E-state index contributed by atoms with van der Waals surface area (Å²) >= 11 is 0. The van der Waals surface area contributed by atoms with E-state index < -0.39 is 11.9 Å². The van der Waals surface area contributed by atoms with Crippen LogP contribution in [0.15, 0.2) is 54.7 Å². The Morgan fingerprint density at radius 2 is 1.76 bits per heavy atom. The van der Waals surface area contributed by atoms with Gasteiger partial charge in [0, 0.05) is 0 Å². The smallest absolute Gasteiger partial charge is 0.410 e. The van der Waals surface area contributed by atoms with Gasteiger partial charge in [0.1, 0.15) is 11.6 Å². The summed E-state index contributed by atoms with van der Waals surface area (Å²) in [5.74, 6) is 0.117. The van der Waals surface area contributed by atoms with Crippen LogP contribution in [0.3, 0.4) is 0 Å². The van der Waals surface area contributed by atoms with Gasteiger partial charge in [0.05, 0.1) is 17.2 Å². The molecule has 1 aromatic heterocycles. The van der Waals surface area contributed by atoms with E-state index in [-0.39, 0.29) is 11.6 Å². The quantitative estimate of drug-likeness (QED) is 0.783. The Morgan fingerprint density at radius 3 is 2.52 bits per heavy atom. The van der Waals surface area contributed by atoms with Gasteiger partial charge >= 0.3 is 6.09 Å². The Hall–Kier alpha value is -3.02. The first kappa shape index (κ1) is 13.0. The van der Waals surface area contributed by atoms with Crippen LogP contribution in [-0.2, 0) is 0 Å². The van der Waals surface area contributed by atoms with Gasteiger partial charge in [-0.05, 0) is 36.4 Å². The highest BCUT2D eigenvalue weighted by molar-refractivity contribution is 5.86. The van der Waals surface area contributed by atoms with Crippen LogP contribution in [0, 0.1) is 5.82 Å². The second-order valence-electron chi connectivity index (χ2n) is 4.21. The molecular weight excluding hydrogens is 273 g/mol. The highest BCUT2D eigenvalue weighted by Crippen LogP contribution is 2.14. The monoisotopic (exact) mass is 283 g/mol. The maximum atomic E-state index is 12.7. The molecule has 0 saturated heterocycles. The number of carbonyl (C=O) groups excluding carboxylic acids is 1. The van der Waals surface area contributed by atoms with Gasteiger partial charge < -0.3 is 4.74 Å². The summed E-state index contributed by atoms with van der Waals surface area (Å²) in [5.41, 5.74) is 1.40. The van der Waals surface area contributed by atoms with Gasteiger partial charge in [0.25, 0.3) is 0 Å². The summed E-state index contributed by atoms with van der Waals surface area (Å²) in [5, 5.41) is 2.47. The maximum absolute atomic E-state index is 12.7. The summed E-state index contributed by atoms with van der Waals surface area (Å²) in [7, 11) is 0. The van der Waals surface area contributed by atoms with Crippen molar-refractivity contribution in [3.05, 3.63) is 60.5 Å². The van der Waals surface area contributed by atoms with Gasteiger partial charge in [-0.2, -0.15) is 0 Å². The van der Waals surface area contributed by atoms with Crippen molar-refractivity contribution in [2.45, 2.75) is 0 Å². The number of para-hydroxylation sites is 2. The van der Waals surface area contributed by atoms with Gasteiger partial charge in [-0.15, -0.1) is 0 Å². The first-order chi connectivity index (χ1) is 10.2. The minimum Gasteiger partial charge on any atom is -0.410 e. The van der Waals surface area contributed by atoms with Crippen LogP contribution in [0.5, 0.6) is 5.75 Å². The van der Waals surface area contributed by atoms with Gasteiger partial charge in [0.15, 0.2) is 5.82 Å². The highest BCUT2D eigenvalue weighted by Gasteiger charge is 2.07. The topological polar surface area (TPSA) is 64.1 Å². The van der Waals surface area contributed by atoms with Crippen LogP contribution >= 0.6 is 0 Å². The molecule has 2 aromatic carbocycles. The van der Waals surface area contributed by atoms with Crippen molar-refractivity contribution < 1.29 is 13.9 Å². The van der Waals surface area contributed by atoms with E-state index in [1.54, 1.807) is 6.07 Å². The Kier molecular flexibility index (Phi) is 3.42. The number of aromatic nitrogens is 2. The zero-order valence-corrected chi connectivity index (χ0v) is 10.8. The number of carbonyl (C=O) groups is 1. The number of ether oxygens (including phenoxy) is 1. The average molecular weight is 283 g/mol. The molecule has 3 rings (SSSR count). The van der Waals surface area contributed by atoms with Crippen molar-refractivity contribution in [1.82, 2.24) is 9.97 Å². The van der Waals surface area contributed by atoms with Crippen LogP contribution in [-0.4, -0.2) is 16.1 Å². The predicted molar refractivity (Wildman–Crippen MR) is 75.6 cm³/mol. The van der Waals surface area contributed by atoms with Crippen molar-refractivity contribution in [2.24, 2.45) is 0 Å². The molecule has 1 heterocycles. The Bertz CT molecular complexity index is 790. The molecule has 0 spiro atoms. The molecule has 0 aliphatic heterocycles. The Labute approximate surface area is 119 Å². The van der Waals surface area contributed by atoms with E-state index in [9.17, 15) is 9.18 Å². The second kappa shape index (κ2) is 5.54. The molecule has 5 nitrogen and oxygen atoms in total. The number of fused-ring (bicyclic) bond motifs is 1. The van der Waals surface area contributed by atoms with Crippen molar-refractivity contribution in [3.8, 4) is 5.75 Å². The van der Waals surface area contributed by atoms with Crippen LogP contribution in [0.25, 0.3) is 11.0 Å². The first-order valence-corrected chi connectivity index (χ1v) is 6.17. The van der Waals surface area contributed by atoms with Crippen LogP contribution < -0.4 is 10.1 Å². The van der Waals surface area contributed by atoms with Gasteiger partial charge in [-0.25, -0.2) is 14.2 Å². The molecule has 0 saturated carbocycles. The first-order valence-electron chi connectivity index (χ1n) is 6.17. The Morgan fingerprint density at radius 1 is 1.05 bits per heavy atom. The standard InChI is InChI=1S/C15H10FN3O2/c16-10-5-7-11(8-6-10)21-15(20)19-14-9-17-12-3-1-2-4-13(12)18-14/h1-9H,(H,18,19,20). The number of benzene rings is 2. The van der Waals surface area contributed by atoms with Crippen molar-refractivity contribution in [2.75, 3.05) is 5.32 Å². The second-order valence-corrected chi connectivity index (χ2v) is 4.21. The maximum Gasteiger partial charge on any atom is 0.418 e. The van der Waals surface area contributed by atoms with Crippen LogP contribution in [0.2, 0.25) is 0 Å². The van der Waals surface area contributed by atoms with E-state index in [2.05, 4.69) is 15.3 Å². The van der Waals surface area contributed by atoms with E-state index in [0.717, 1.165) is 5.52 Å². The van der Waals surface area contributed by atoms with Gasteiger partial charge in [0.2, 0.25) is 0 Å². The molecule has 21 heavy (non-hydrogen) atoms. The molecule has 0 bridgehead atoms. The number of anilines is 1. The van der Waals surface area contributed by atoms with Crippen molar-refractivity contribution in [1.29, 1.82) is 0 Å². The lowest BCUT2D eigenvalue weighted by atomic mass is 10.3. The third-order valence-corrected chi connectivity index (χ3v) is 2.70. The van der Waals surface area contributed by atoms with E-state index in [1.165, 1.54) is 30.5 Å². The van der Waals surface area contributed by atoms with Crippen LogP contribution in [0.4, 0.5) is 15.0 Å². The fraction of sp³-hybridized carbons (Fsp3) is 0. The highest BCUT2D eigenvalue weighted by atomic mass is 19.1.